The second-order valence-electron chi connectivity index (χ2n) is 9.05. The summed E-state index contributed by atoms with van der Waals surface area (Å²) in [6, 6.07) is 25.0. The van der Waals surface area contributed by atoms with Gasteiger partial charge in [0.1, 0.15) is 6.04 Å². The number of hydrogen-bond acceptors (Lipinski definition) is 5. The number of nitrogens with one attached hydrogen (secondary N) is 1. The second-order valence-corrected chi connectivity index (χ2v) is 9.88. The molecule has 1 atom stereocenters. The van der Waals surface area contributed by atoms with E-state index in [-0.39, 0.29) is 11.8 Å². The average Bonchev–Trinajstić information content (AvgIpc) is 3.38. The van der Waals surface area contributed by atoms with E-state index in [0.29, 0.717) is 12.1 Å². The molecule has 0 bridgehead atoms. The molecule has 0 aliphatic heterocycles. The fraction of sp³-hybridized carbons (Fsp3) is 0.207. The lowest BCUT2D eigenvalue weighted by Gasteiger charge is -2.18. The Labute approximate surface area is 215 Å². The van der Waals surface area contributed by atoms with Gasteiger partial charge in [-0.2, -0.15) is 0 Å². The van der Waals surface area contributed by atoms with Gasteiger partial charge < -0.3 is 15.3 Å². The quantitative estimate of drug-likeness (QED) is 0.297. The maximum absolute atomic E-state index is 12.5. The molecular formula is C29H29N3O3S. The number of carbonyl (C=O) groups is 2. The molecule has 1 unspecified atom stereocenters. The van der Waals surface area contributed by atoms with E-state index in [2.05, 4.69) is 52.0 Å². The summed E-state index contributed by atoms with van der Waals surface area (Å²) in [7, 11) is 1.99. The molecule has 4 rings (SSSR count). The first-order valence-electron chi connectivity index (χ1n) is 11.8. The Bertz CT molecular complexity index is 1320. The van der Waals surface area contributed by atoms with E-state index in [0.717, 1.165) is 22.0 Å². The van der Waals surface area contributed by atoms with Gasteiger partial charge in [0.05, 0.1) is 5.69 Å². The Hall–Kier alpha value is -3.97. The van der Waals surface area contributed by atoms with Crippen molar-refractivity contribution in [2.24, 2.45) is 5.92 Å². The highest BCUT2D eigenvalue weighted by Crippen LogP contribution is 2.29. The van der Waals surface area contributed by atoms with Crippen LogP contribution >= 0.6 is 11.3 Å². The molecule has 0 aliphatic rings. The van der Waals surface area contributed by atoms with Crippen LogP contribution in [0.4, 0.5) is 5.13 Å². The number of thiazole rings is 1. The fourth-order valence-electron chi connectivity index (χ4n) is 3.88. The molecule has 1 aromatic heterocycles. The molecule has 0 saturated carbocycles. The van der Waals surface area contributed by atoms with E-state index in [1.165, 1.54) is 11.1 Å². The molecule has 1 amide bonds. The van der Waals surface area contributed by atoms with E-state index in [9.17, 15) is 14.7 Å². The van der Waals surface area contributed by atoms with Gasteiger partial charge >= 0.3 is 5.97 Å². The van der Waals surface area contributed by atoms with E-state index in [4.69, 9.17) is 4.98 Å². The van der Waals surface area contributed by atoms with Crippen molar-refractivity contribution in [2.45, 2.75) is 26.4 Å². The number of rotatable bonds is 9. The topological polar surface area (TPSA) is 82.5 Å². The summed E-state index contributed by atoms with van der Waals surface area (Å²) in [5.74, 6) is -1.63. The number of carbonyl (C=O) groups excluding carboxylic acids is 1. The third-order valence-electron chi connectivity index (χ3n) is 5.96. The van der Waals surface area contributed by atoms with E-state index < -0.39 is 12.0 Å². The van der Waals surface area contributed by atoms with Crippen LogP contribution in [0.3, 0.4) is 0 Å². The number of benzene rings is 3. The Morgan fingerprint density at radius 2 is 1.53 bits per heavy atom. The molecule has 3 aromatic carbocycles. The lowest BCUT2D eigenvalue weighted by Crippen LogP contribution is -2.44. The predicted molar refractivity (Wildman–Crippen MR) is 145 cm³/mol. The van der Waals surface area contributed by atoms with Gasteiger partial charge in [-0.3, -0.25) is 4.79 Å². The number of anilines is 1. The van der Waals surface area contributed by atoms with Crippen molar-refractivity contribution in [2.75, 3.05) is 11.9 Å². The van der Waals surface area contributed by atoms with Crippen molar-refractivity contribution in [3.8, 4) is 22.4 Å². The number of aliphatic carboxylic acids is 1. The van der Waals surface area contributed by atoms with Crippen LogP contribution in [0.1, 0.15) is 29.8 Å². The lowest BCUT2D eigenvalue weighted by atomic mass is 10.0. The molecule has 0 radical (unpaired) electrons. The largest absolute Gasteiger partial charge is 0.480 e. The van der Waals surface area contributed by atoms with Gasteiger partial charge in [-0.25, -0.2) is 9.78 Å². The highest BCUT2D eigenvalue weighted by Gasteiger charge is 2.23. The lowest BCUT2D eigenvalue weighted by molar-refractivity contribution is -0.140. The third kappa shape index (κ3) is 5.98. The van der Waals surface area contributed by atoms with E-state index in [1.54, 1.807) is 37.3 Å². The molecule has 0 spiro atoms. The van der Waals surface area contributed by atoms with Crippen molar-refractivity contribution < 1.29 is 14.7 Å². The minimum atomic E-state index is -1.04. The van der Waals surface area contributed by atoms with Gasteiger partial charge in [0, 0.05) is 30.1 Å². The second kappa shape index (κ2) is 11.2. The molecule has 2 N–H and O–H groups in total. The summed E-state index contributed by atoms with van der Waals surface area (Å²) in [4.78, 5) is 30.7. The number of nitrogens with zero attached hydrogens (tertiary/aromatic N) is 2. The Morgan fingerprint density at radius 1 is 0.917 bits per heavy atom. The van der Waals surface area contributed by atoms with Crippen molar-refractivity contribution in [3.63, 3.8) is 0 Å². The molecule has 0 saturated heterocycles. The van der Waals surface area contributed by atoms with Gasteiger partial charge in [0.15, 0.2) is 5.13 Å². The number of aromatic nitrogens is 1. The Balaban J connectivity index is 1.38. The monoisotopic (exact) mass is 499 g/mol. The van der Waals surface area contributed by atoms with Crippen LogP contribution in [-0.4, -0.2) is 35.1 Å². The maximum atomic E-state index is 12.5. The van der Waals surface area contributed by atoms with Crippen LogP contribution in [0.5, 0.6) is 0 Å². The number of carboxylic acid groups (broad SMARTS) is 1. The first-order valence-corrected chi connectivity index (χ1v) is 12.6. The minimum absolute atomic E-state index is 0.204. The zero-order chi connectivity index (χ0) is 25.7. The van der Waals surface area contributed by atoms with Gasteiger partial charge in [-0.1, -0.05) is 80.6 Å². The summed E-state index contributed by atoms with van der Waals surface area (Å²) < 4.78 is 0. The molecule has 6 nitrogen and oxygen atoms in total. The summed E-state index contributed by atoms with van der Waals surface area (Å²) >= 11 is 1.59. The standard InChI is InChI=1S/C29H29N3O3S/c1-19(2)26(28(34)35)31-27(33)24-11-9-20(10-12-24)17-32(3)29-30-25(18-36-29)23-15-13-22(14-16-23)21-7-5-4-6-8-21/h4-16,18-19,26H,17H2,1-3H3,(H,31,33)(H,34,35). The first-order chi connectivity index (χ1) is 17.3. The highest BCUT2D eigenvalue weighted by molar-refractivity contribution is 7.14. The van der Waals surface area contributed by atoms with E-state index >= 15 is 0 Å². The zero-order valence-corrected chi connectivity index (χ0v) is 21.3. The maximum Gasteiger partial charge on any atom is 0.326 e. The summed E-state index contributed by atoms with van der Waals surface area (Å²) in [5, 5.41) is 14.9. The van der Waals surface area contributed by atoms with Crippen molar-refractivity contribution >= 4 is 28.3 Å². The van der Waals surface area contributed by atoms with Gasteiger partial charge in [-0.05, 0) is 34.7 Å². The van der Waals surface area contributed by atoms with Crippen molar-refractivity contribution in [1.82, 2.24) is 10.3 Å². The van der Waals surface area contributed by atoms with Crippen LogP contribution in [-0.2, 0) is 11.3 Å². The number of carboxylic acids is 1. The predicted octanol–water partition coefficient (Wildman–Crippen LogP) is 5.95. The van der Waals surface area contributed by atoms with E-state index in [1.807, 2.05) is 37.4 Å². The molecule has 184 valence electrons. The summed E-state index contributed by atoms with van der Waals surface area (Å²) in [6.07, 6.45) is 0. The SMILES string of the molecule is CC(C)C(NC(=O)c1ccc(CN(C)c2nc(-c3ccc(-c4ccccc4)cc3)cs2)cc1)C(=O)O. The zero-order valence-electron chi connectivity index (χ0n) is 20.5. The van der Waals surface area contributed by atoms with Gasteiger partial charge in [-0.15, -0.1) is 11.3 Å². The summed E-state index contributed by atoms with van der Waals surface area (Å²) in [6.45, 7) is 4.16. The molecule has 1 heterocycles. The van der Waals surface area contributed by atoms with Crippen LogP contribution in [0, 0.1) is 5.92 Å². The van der Waals surface area contributed by atoms with Crippen LogP contribution in [0.15, 0.2) is 84.2 Å². The van der Waals surface area contributed by atoms with Gasteiger partial charge in [0.2, 0.25) is 0 Å². The molecule has 0 fully saturated rings. The number of amides is 1. The molecule has 4 aromatic rings. The van der Waals surface area contributed by atoms with Crippen molar-refractivity contribution in [1.29, 1.82) is 0 Å². The van der Waals surface area contributed by atoms with Crippen LogP contribution < -0.4 is 10.2 Å². The highest BCUT2D eigenvalue weighted by atomic mass is 32.1. The molecule has 7 heteroatoms. The third-order valence-corrected chi connectivity index (χ3v) is 6.92. The fourth-order valence-corrected chi connectivity index (χ4v) is 4.68. The molecular weight excluding hydrogens is 470 g/mol. The first kappa shape index (κ1) is 25.1. The Kier molecular flexibility index (Phi) is 7.80. The smallest absolute Gasteiger partial charge is 0.326 e. The van der Waals surface area contributed by atoms with Crippen molar-refractivity contribution in [3.05, 3.63) is 95.4 Å². The number of hydrogen-bond donors (Lipinski definition) is 2. The van der Waals surface area contributed by atoms with Gasteiger partial charge in [0.25, 0.3) is 5.91 Å². The minimum Gasteiger partial charge on any atom is -0.480 e. The molecule has 0 aliphatic carbocycles. The molecule has 36 heavy (non-hydrogen) atoms. The average molecular weight is 500 g/mol. The van der Waals surface area contributed by atoms with Crippen LogP contribution in [0.25, 0.3) is 22.4 Å². The normalized spacial score (nSPS) is 11.8. The Morgan fingerprint density at radius 3 is 2.14 bits per heavy atom. The summed E-state index contributed by atoms with van der Waals surface area (Å²) in [5.41, 5.74) is 5.83. The van der Waals surface area contributed by atoms with Crippen LogP contribution in [0.2, 0.25) is 0 Å².